The number of amides is 1. The smallest absolute Gasteiger partial charge is 0.338 e. The molecule has 2 aromatic carbocycles. The van der Waals surface area contributed by atoms with Crippen LogP contribution < -0.4 is 5.32 Å². The predicted octanol–water partition coefficient (Wildman–Crippen LogP) is 3.82. The van der Waals surface area contributed by atoms with Crippen LogP contribution in [0.4, 0.5) is 5.69 Å². The summed E-state index contributed by atoms with van der Waals surface area (Å²) in [6, 6.07) is 10.5. The molecular weight excluding hydrogens is 364 g/mol. The number of ether oxygens (including phenoxy) is 2. The van der Waals surface area contributed by atoms with E-state index in [4.69, 9.17) is 14.7 Å². The molecule has 0 atom stereocenters. The van der Waals surface area contributed by atoms with Crippen LogP contribution in [0.1, 0.15) is 27.0 Å². The maximum absolute atomic E-state index is 12.2. The van der Waals surface area contributed by atoms with Crippen molar-refractivity contribution in [3.63, 3.8) is 0 Å². The molecule has 7 heteroatoms. The van der Waals surface area contributed by atoms with Gasteiger partial charge in [-0.05, 0) is 66.6 Å². The molecule has 0 aromatic heterocycles. The molecule has 0 heterocycles. The molecule has 0 saturated carbocycles. The molecule has 0 aliphatic rings. The Balaban J connectivity index is 1.97. The van der Waals surface area contributed by atoms with Crippen LogP contribution in [-0.4, -0.2) is 25.6 Å². The zero-order chi connectivity index (χ0) is 19.8. The molecule has 1 N–H and O–H groups in total. The van der Waals surface area contributed by atoms with E-state index in [2.05, 4.69) is 5.32 Å². The van der Waals surface area contributed by atoms with Gasteiger partial charge in [0.2, 0.25) is 0 Å². The number of nitriles is 1. The van der Waals surface area contributed by atoms with Crippen LogP contribution in [0.15, 0.2) is 41.3 Å². The van der Waals surface area contributed by atoms with Crippen molar-refractivity contribution in [2.45, 2.75) is 25.3 Å². The Morgan fingerprint density at radius 2 is 1.89 bits per heavy atom. The lowest BCUT2D eigenvalue weighted by Gasteiger charge is -2.13. The van der Waals surface area contributed by atoms with Crippen molar-refractivity contribution in [3.8, 4) is 5.40 Å². The molecule has 0 aliphatic heterocycles. The maximum Gasteiger partial charge on any atom is 0.338 e. The zero-order valence-electron chi connectivity index (χ0n) is 15.4. The maximum atomic E-state index is 12.2. The average Bonchev–Trinajstić information content (AvgIpc) is 2.63. The fourth-order valence-corrected chi connectivity index (χ4v) is 3.15. The topological polar surface area (TPSA) is 88.4 Å². The normalized spacial score (nSPS) is 10.1. The third-order valence-corrected chi connectivity index (χ3v) is 4.30. The average molecular weight is 384 g/mol. The molecule has 0 spiro atoms. The molecular formula is C20H20N2O4S. The number of rotatable bonds is 7. The highest BCUT2D eigenvalue weighted by Crippen LogP contribution is 2.27. The Labute approximate surface area is 162 Å². The van der Waals surface area contributed by atoms with Gasteiger partial charge in [0.25, 0.3) is 5.91 Å². The predicted molar refractivity (Wildman–Crippen MR) is 103 cm³/mol. The molecule has 0 fully saturated rings. The molecule has 2 rings (SSSR count). The van der Waals surface area contributed by atoms with E-state index in [0.717, 1.165) is 33.3 Å². The van der Waals surface area contributed by atoms with E-state index < -0.39 is 11.9 Å². The number of thiocyanates is 1. The Bertz CT molecular complexity index is 867. The monoisotopic (exact) mass is 384 g/mol. The summed E-state index contributed by atoms with van der Waals surface area (Å²) in [7, 11) is 1.57. The highest BCUT2D eigenvalue weighted by atomic mass is 32.2. The van der Waals surface area contributed by atoms with Crippen LogP contribution in [0.5, 0.6) is 0 Å². The van der Waals surface area contributed by atoms with Crippen molar-refractivity contribution in [2.75, 3.05) is 19.0 Å². The van der Waals surface area contributed by atoms with Crippen molar-refractivity contribution in [1.29, 1.82) is 5.26 Å². The van der Waals surface area contributed by atoms with Gasteiger partial charge in [0.1, 0.15) is 5.40 Å². The molecule has 140 valence electrons. The number of nitrogens with zero attached hydrogens (tertiary/aromatic N) is 1. The number of thioether (sulfide) groups is 1. The van der Waals surface area contributed by atoms with Crippen LogP contribution in [0.3, 0.4) is 0 Å². The van der Waals surface area contributed by atoms with Crippen LogP contribution in [0.25, 0.3) is 0 Å². The van der Waals surface area contributed by atoms with Crippen LogP contribution in [0, 0.1) is 24.5 Å². The largest absolute Gasteiger partial charge is 0.452 e. The number of benzene rings is 2. The van der Waals surface area contributed by atoms with E-state index in [1.54, 1.807) is 25.3 Å². The minimum atomic E-state index is -0.572. The lowest BCUT2D eigenvalue weighted by molar-refractivity contribution is -0.119. The third kappa shape index (κ3) is 5.84. The molecule has 2 aromatic rings. The van der Waals surface area contributed by atoms with Crippen molar-refractivity contribution < 1.29 is 19.1 Å². The van der Waals surface area contributed by atoms with Gasteiger partial charge in [-0.1, -0.05) is 12.1 Å². The van der Waals surface area contributed by atoms with E-state index in [1.807, 2.05) is 37.4 Å². The number of aryl methyl sites for hydroxylation is 2. The van der Waals surface area contributed by atoms with Crippen molar-refractivity contribution in [2.24, 2.45) is 0 Å². The van der Waals surface area contributed by atoms with Gasteiger partial charge in [0.05, 0.1) is 12.2 Å². The van der Waals surface area contributed by atoms with Gasteiger partial charge in [-0.15, -0.1) is 0 Å². The van der Waals surface area contributed by atoms with Crippen molar-refractivity contribution in [3.05, 3.63) is 58.7 Å². The van der Waals surface area contributed by atoms with E-state index in [1.165, 1.54) is 0 Å². The Hall–Kier alpha value is -2.82. The molecule has 0 aliphatic carbocycles. The second-order valence-electron chi connectivity index (χ2n) is 5.88. The lowest BCUT2D eigenvalue weighted by atomic mass is 10.1. The lowest BCUT2D eigenvalue weighted by Crippen LogP contribution is -2.22. The number of nitrogens with one attached hydrogen (secondary N) is 1. The number of methoxy groups -OCH3 is 1. The van der Waals surface area contributed by atoms with Crippen LogP contribution in [0.2, 0.25) is 0 Å². The minimum absolute atomic E-state index is 0.364. The van der Waals surface area contributed by atoms with Gasteiger partial charge in [-0.25, -0.2) is 4.79 Å². The fraction of sp³-hybridized carbons (Fsp3) is 0.250. The van der Waals surface area contributed by atoms with Gasteiger partial charge in [-0.2, -0.15) is 5.26 Å². The second-order valence-corrected chi connectivity index (χ2v) is 6.74. The van der Waals surface area contributed by atoms with E-state index in [-0.39, 0.29) is 6.61 Å². The second kappa shape index (κ2) is 9.76. The zero-order valence-corrected chi connectivity index (χ0v) is 16.2. The van der Waals surface area contributed by atoms with Crippen molar-refractivity contribution >= 4 is 29.3 Å². The molecule has 0 saturated heterocycles. The summed E-state index contributed by atoms with van der Waals surface area (Å²) in [6.45, 7) is 3.69. The standard InChI is InChI=1S/C20H20N2O4S/c1-13-7-17(27-12-21)8-14(2)19(13)22-18(23)11-26-20(24)16-6-4-5-15(9-16)10-25-3/h4-9H,10-11H2,1-3H3,(H,22,23). The van der Waals surface area contributed by atoms with E-state index in [0.29, 0.717) is 17.9 Å². The first-order valence-electron chi connectivity index (χ1n) is 8.16. The molecule has 1 amide bonds. The Kier molecular flexibility index (Phi) is 7.41. The Morgan fingerprint density at radius 3 is 2.52 bits per heavy atom. The molecule has 6 nitrogen and oxygen atoms in total. The number of carbonyl (C=O) groups excluding carboxylic acids is 2. The number of carbonyl (C=O) groups is 2. The molecule has 0 unspecified atom stereocenters. The number of anilines is 1. The number of hydrogen-bond donors (Lipinski definition) is 1. The summed E-state index contributed by atoms with van der Waals surface area (Å²) in [5.41, 5.74) is 3.53. The molecule has 0 bridgehead atoms. The van der Waals surface area contributed by atoms with Gasteiger partial charge in [0, 0.05) is 17.7 Å². The van der Waals surface area contributed by atoms with Gasteiger partial charge < -0.3 is 14.8 Å². The first-order chi connectivity index (χ1) is 12.9. The quantitative estimate of drug-likeness (QED) is 0.443. The van der Waals surface area contributed by atoms with Gasteiger partial charge in [0.15, 0.2) is 6.61 Å². The summed E-state index contributed by atoms with van der Waals surface area (Å²) in [6.07, 6.45) is 0. The molecule has 0 radical (unpaired) electrons. The summed E-state index contributed by atoms with van der Waals surface area (Å²) in [5.74, 6) is -0.999. The fourth-order valence-electron chi connectivity index (χ4n) is 2.58. The first kappa shape index (κ1) is 20.5. The van der Waals surface area contributed by atoms with Gasteiger partial charge in [-0.3, -0.25) is 4.79 Å². The van der Waals surface area contributed by atoms with Crippen LogP contribution >= 0.6 is 11.8 Å². The number of hydrogen-bond acceptors (Lipinski definition) is 6. The minimum Gasteiger partial charge on any atom is -0.452 e. The van der Waals surface area contributed by atoms with E-state index in [9.17, 15) is 9.59 Å². The number of esters is 1. The summed E-state index contributed by atoms with van der Waals surface area (Å²) in [5, 5.41) is 13.5. The summed E-state index contributed by atoms with van der Waals surface area (Å²) < 4.78 is 10.1. The summed E-state index contributed by atoms with van der Waals surface area (Å²) in [4.78, 5) is 25.1. The highest BCUT2D eigenvalue weighted by molar-refractivity contribution is 8.03. The highest BCUT2D eigenvalue weighted by Gasteiger charge is 2.13. The summed E-state index contributed by atoms with van der Waals surface area (Å²) >= 11 is 1.06. The first-order valence-corrected chi connectivity index (χ1v) is 8.98. The molecule has 27 heavy (non-hydrogen) atoms. The van der Waals surface area contributed by atoms with Crippen molar-refractivity contribution in [1.82, 2.24) is 0 Å². The third-order valence-electron chi connectivity index (χ3n) is 3.74. The Morgan fingerprint density at radius 1 is 1.19 bits per heavy atom. The van der Waals surface area contributed by atoms with E-state index >= 15 is 0 Å². The SMILES string of the molecule is COCc1cccc(C(=O)OCC(=O)Nc2c(C)cc(SC#N)cc2C)c1. The van der Waals surface area contributed by atoms with Crippen LogP contribution in [-0.2, 0) is 20.9 Å². The van der Waals surface area contributed by atoms with Gasteiger partial charge >= 0.3 is 5.97 Å².